The number of halogens is 2. The topological polar surface area (TPSA) is 83.0 Å². The molecular formula is C23H24F2N6OS. The van der Waals surface area contributed by atoms with Crippen LogP contribution < -0.4 is 21.5 Å². The molecule has 0 spiro atoms. The molecule has 4 rings (SSSR count). The first kappa shape index (κ1) is 22.7. The van der Waals surface area contributed by atoms with Crippen LogP contribution in [-0.2, 0) is 0 Å². The van der Waals surface area contributed by atoms with Crippen LogP contribution in [0.2, 0.25) is 0 Å². The molecule has 0 aliphatic carbocycles. The van der Waals surface area contributed by atoms with Crippen LogP contribution in [0, 0.1) is 0 Å². The van der Waals surface area contributed by atoms with E-state index in [1.165, 1.54) is 10.9 Å². The van der Waals surface area contributed by atoms with E-state index in [2.05, 4.69) is 26.6 Å². The summed E-state index contributed by atoms with van der Waals surface area (Å²) in [5.74, 6) is -0.293. The molecule has 0 unspecified atom stereocenters. The van der Waals surface area contributed by atoms with Crippen LogP contribution in [0.1, 0.15) is 53.0 Å². The van der Waals surface area contributed by atoms with Gasteiger partial charge < -0.3 is 10.6 Å². The van der Waals surface area contributed by atoms with Crippen LogP contribution in [0.3, 0.4) is 0 Å². The number of nitrogens with one attached hydrogen (secondary N) is 4. The smallest absolute Gasteiger partial charge is 0.275 e. The highest BCUT2D eigenvalue weighted by Crippen LogP contribution is 2.39. The number of aromatic nitrogens is 2. The maximum atomic E-state index is 13.8. The lowest BCUT2D eigenvalue weighted by atomic mass is 9.97. The summed E-state index contributed by atoms with van der Waals surface area (Å²) in [6, 6.07) is 17.4. The normalized spacial score (nSPS) is 18.1. The lowest BCUT2D eigenvalue weighted by Crippen LogP contribution is -2.47. The lowest BCUT2D eigenvalue weighted by Gasteiger charge is -2.32. The minimum Gasteiger partial charge on any atom is -0.363 e. The van der Waals surface area contributed by atoms with E-state index < -0.39 is 18.4 Å². The summed E-state index contributed by atoms with van der Waals surface area (Å²) < 4.78 is 28.8. The van der Waals surface area contributed by atoms with Crippen LogP contribution >= 0.6 is 12.2 Å². The molecule has 4 N–H and O–H groups in total. The average molecular weight is 471 g/mol. The van der Waals surface area contributed by atoms with Crippen molar-refractivity contribution in [2.75, 3.05) is 5.32 Å². The number of hydrogen-bond acceptors (Lipinski definition) is 4. The maximum Gasteiger partial charge on any atom is 0.275 e. The van der Waals surface area contributed by atoms with Crippen LogP contribution in [0.5, 0.6) is 0 Å². The third-order valence-corrected chi connectivity index (χ3v) is 5.79. The number of benzene rings is 2. The van der Waals surface area contributed by atoms with Crippen molar-refractivity contribution in [3.05, 3.63) is 83.6 Å². The molecule has 0 fully saturated rings. The lowest BCUT2D eigenvalue weighted by molar-refractivity contribution is 0.0656. The molecule has 3 atom stereocenters. The molecule has 0 saturated carbocycles. The van der Waals surface area contributed by atoms with Gasteiger partial charge in [-0.2, -0.15) is 5.10 Å². The predicted molar refractivity (Wildman–Crippen MR) is 126 cm³/mol. The van der Waals surface area contributed by atoms with Gasteiger partial charge in [-0.25, -0.2) is 13.5 Å². The minimum absolute atomic E-state index is 0.0768. The molecule has 0 radical (unpaired) electrons. The molecule has 10 heteroatoms. The molecule has 1 aromatic heterocycles. The van der Waals surface area contributed by atoms with Crippen molar-refractivity contribution in [1.82, 2.24) is 25.9 Å². The Labute approximate surface area is 195 Å². The van der Waals surface area contributed by atoms with Crippen molar-refractivity contribution >= 4 is 29.1 Å². The zero-order valence-electron chi connectivity index (χ0n) is 17.8. The second-order valence-corrected chi connectivity index (χ2v) is 8.19. The van der Waals surface area contributed by atoms with Crippen LogP contribution in [0.15, 0.2) is 66.9 Å². The number of rotatable bonds is 5. The number of thiocarbonyl (C=S) groups is 1. The Morgan fingerprint density at radius 3 is 2.45 bits per heavy atom. The van der Waals surface area contributed by atoms with Gasteiger partial charge in [-0.3, -0.25) is 15.6 Å². The maximum absolute atomic E-state index is 13.8. The van der Waals surface area contributed by atoms with Gasteiger partial charge in [0.25, 0.3) is 12.3 Å². The summed E-state index contributed by atoms with van der Waals surface area (Å²) in [5.41, 5.74) is 7.22. The Kier molecular flexibility index (Phi) is 6.83. The van der Waals surface area contributed by atoms with Crippen molar-refractivity contribution in [2.24, 2.45) is 0 Å². The average Bonchev–Trinajstić information content (AvgIpc) is 3.27. The third-order valence-electron chi connectivity index (χ3n) is 5.57. The summed E-state index contributed by atoms with van der Waals surface area (Å²) >= 11 is 5.26. The molecule has 33 heavy (non-hydrogen) atoms. The second kappa shape index (κ2) is 9.95. The van der Waals surface area contributed by atoms with E-state index in [4.69, 9.17) is 12.2 Å². The highest BCUT2D eigenvalue weighted by Gasteiger charge is 2.36. The molecule has 0 saturated heterocycles. The van der Waals surface area contributed by atoms with Gasteiger partial charge in [-0.1, -0.05) is 60.7 Å². The van der Waals surface area contributed by atoms with E-state index >= 15 is 0 Å². The summed E-state index contributed by atoms with van der Waals surface area (Å²) in [5, 5.41) is 10.6. The van der Waals surface area contributed by atoms with Gasteiger partial charge in [0.15, 0.2) is 5.11 Å². The number of hydrogen-bond donors (Lipinski definition) is 4. The number of amides is 1. The number of nitrogens with zero attached hydrogens (tertiary/aromatic N) is 2. The molecule has 2 heterocycles. The van der Waals surface area contributed by atoms with Gasteiger partial charge in [-0.15, -0.1) is 0 Å². The van der Waals surface area contributed by atoms with Gasteiger partial charge >= 0.3 is 0 Å². The SMILES string of the molecule is C[C@H](NC(=S)NNC(=O)c1cnn2c1N[C@@H](c1ccccc1)C[C@@H]2C(F)F)c1ccccc1. The Morgan fingerprint density at radius 2 is 1.79 bits per heavy atom. The molecule has 1 amide bonds. The molecule has 3 aromatic rings. The fourth-order valence-corrected chi connectivity index (χ4v) is 4.07. The van der Waals surface area contributed by atoms with Crippen LogP contribution in [0.4, 0.5) is 14.6 Å². The Morgan fingerprint density at radius 1 is 1.12 bits per heavy atom. The van der Waals surface area contributed by atoms with Crippen molar-refractivity contribution in [2.45, 2.75) is 37.9 Å². The van der Waals surface area contributed by atoms with Crippen LogP contribution in [-0.4, -0.2) is 27.2 Å². The number of carbonyl (C=O) groups excluding carboxylic acids is 1. The van der Waals surface area contributed by atoms with E-state index in [0.29, 0.717) is 0 Å². The zero-order chi connectivity index (χ0) is 23.4. The highest BCUT2D eigenvalue weighted by atomic mass is 32.1. The second-order valence-electron chi connectivity index (χ2n) is 7.78. The number of alkyl halides is 2. The molecular weight excluding hydrogens is 446 g/mol. The van der Waals surface area contributed by atoms with E-state index in [9.17, 15) is 13.6 Å². The van der Waals surface area contributed by atoms with E-state index in [0.717, 1.165) is 11.1 Å². The number of carbonyl (C=O) groups is 1. The molecule has 172 valence electrons. The fraction of sp³-hybridized carbons (Fsp3) is 0.261. The first-order valence-corrected chi connectivity index (χ1v) is 10.9. The molecule has 7 nitrogen and oxygen atoms in total. The number of fused-ring (bicyclic) bond motifs is 1. The Hall–Kier alpha value is -3.53. The summed E-state index contributed by atoms with van der Waals surface area (Å²) in [6.45, 7) is 1.94. The van der Waals surface area contributed by atoms with Crippen molar-refractivity contribution in [3.63, 3.8) is 0 Å². The molecule has 1 aliphatic rings. The van der Waals surface area contributed by atoms with Gasteiger partial charge in [0, 0.05) is 0 Å². The van der Waals surface area contributed by atoms with Crippen molar-refractivity contribution in [3.8, 4) is 0 Å². The largest absolute Gasteiger partial charge is 0.363 e. The van der Waals surface area contributed by atoms with Gasteiger partial charge in [-0.05, 0) is 36.7 Å². The third kappa shape index (κ3) is 5.11. The Balaban J connectivity index is 1.44. The van der Waals surface area contributed by atoms with Crippen molar-refractivity contribution < 1.29 is 13.6 Å². The Bertz CT molecular complexity index is 1110. The molecule has 1 aliphatic heterocycles. The monoisotopic (exact) mass is 470 g/mol. The summed E-state index contributed by atoms with van der Waals surface area (Å²) in [4.78, 5) is 12.8. The summed E-state index contributed by atoms with van der Waals surface area (Å²) in [6.07, 6.45) is -1.19. The molecule has 2 aromatic carbocycles. The van der Waals surface area contributed by atoms with E-state index in [1.807, 2.05) is 67.6 Å². The first-order valence-electron chi connectivity index (χ1n) is 10.5. The zero-order valence-corrected chi connectivity index (χ0v) is 18.7. The minimum atomic E-state index is -2.62. The highest BCUT2D eigenvalue weighted by molar-refractivity contribution is 7.80. The van der Waals surface area contributed by atoms with Gasteiger partial charge in [0.2, 0.25) is 0 Å². The van der Waals surface area contributed by atoms with Gasteiger partial charge in [0.05, 0.1) is 18.3 Å². The van der Waals surface area contributed by atoms with Crippen molar-refractivity contribution in [1.29, 1.82) is 0 Å². The van der Waals surface area contributed by atoms with E-state index in [-0.39, 0.29) is 35.0 Å². The number of hydrazine groups is 1. The van der Waals surface area contributed by atoms with Crippen LogP contribution in [0.25, 0.3) is 0 Å². The number of anilines is 1. The van der Waals surface area contributed by atoms with E-state index in [1.54, 1.807) is 0 Å². The van der Waals surface area contributed by atoms with Gasteiger partial charge in [0.1, 0.15) is 17.4 Å². The first-order chi connectivity index (χ1) is 15.9. The fourth-order valence-electron chi connectivity index (χ4n) is 3.84. The summed E-state index contributed by atoms with van der Waals surface area (Å²) in [7, 11) is 0. The standard InChI is InChI=1S/C23H24F2N6OS/c1-14(15-8-4-2-5-9-15)27-23(33)30-29-22(32)17-13-26-31-19(20(24)25)12-18(28-21(17)31)16-10-6-3-7-11-16/h2-11,13-14,18-20,28H,12H2,1H3,(H,29,32)(H2,27,30,33)/t14-,18+,19+/m0/s1. The predicted octanol–water partition coefficient (Wildman–Crippen LogP) is 4.12. The quantitative estimate of drug-likeness (QED) is 0.332. The molecule has 0 bridgehead atoms.